The van der Waals surface area contributed by atoms with Crippen LogP contribution in [-0.4, -0.2) is 43.9 Å². The van der Waals surface area contributed by atoms with Crippen molar-refractivity contribution in [2.24, 2.45) is 0 Å². The number of ether oxygens (including phenoxy) is 1. The van der Waals surface area contributed by atoms with Gasteiger partial charge < -0.3 is 10.1 Å². The first kappa shape index (κ1) is 25.9. The second kappa shape index (κ2) is 9.89. The van der Waals surface area contributed by atoms with Gasteiger partial charge in [-0.3, -0.25) is 9.69 Å². The van der Waals surface area contributed by atoms with Crippen LogP contribution in [-0.2, 0) is 9.53 Å². The highest BCUT2D eigenvalue weighted by Gasteiger charge is 2.51. The number of para-hydroxylation sites is 1. The zero-order chi connectivity index (χ0) is 27.1. The monoisotopic (exact) mass is 518 g/mol. The Kier molecular flexibility index (Phi) is 6.75. The molecule has 0 bridgehead atoms. The third-order valence-electron chi connectivity index (χ3n) is 7.48. The fraction of sp³-hybridized carbons (Fsp3) is 0.433. The first-order valence-electron chi connectivity index (χ1n) is 13.2. The number of nitrogens with zero attached hydrogens (tertiary/aromatic N) is 3. The number of amides is 2. The molecule has 200 valence electrons. The molecular weight excluding hydrogens is 483 g/mol. The summed E-state index contributed by atoms with van der Waals surface area (Å²) in [5.74, 6) is -0.973. The van der Waals surface area contributed by atoms with Gasteiger partial charge in [0, 0.05) is 17.7 Å². The van der Waals surface area contributed by atoms with Gasteiger partial charge in [-0.2, -0.15) is 5.10 Å². The lowest BCUT2D eigenvalue weighted by Gasteiger charge is -2.41. The second-order valence-electron chi connectivity index (χ2n) is 11.7. The lowest BCUT2D eigenvalue weighted by atomic mass is 9.78. The van der Waals surface area contributed by atoms with Gasteiger partial charge in [-0.15, -0.1) is 0 Å². The van der Waals surface area contributed by atoms with Gasteiger partial charge in [0.05, 0.1) is 17.4 Å². The third kappa shape index (κ3) is 5.30. The number of aromatic nitrogens is 2. The van der Waals surface area contributed by atoms with E-state index in [0.29, 0.717) is 12.0 Å². The van der Waals surface area contributed by atoms with Crippen molar-refractivity contribution in [3.8, 4) is 5.69 Å². The Balaban J connectivity index is 1.57. The number of likely N-dealkylation sites (tertiary alicyclic amines) is 1. The molecule has 0 spiro atoms. The number of benzene rings is 2. The van der Waals surface area contributed by atoms with Crippen LogP contribution in [0.4, 0.5) is 9.18 Å². The fourth-order valence-corrected chi connectivity index (χ4v) is 5.50. The van der Waals surface area contributed by atoms with Gasteiger partial charge in [0.1, 0.15) is 17.5 Å². The van der Waals surface area contributed by atoms with Gasteiger partial charge in [-0.25, -0.2) is 13.9 Å². The highest BCUT2D eigenvalue weighted by Crippen LogP contribution is 2.48. The standard InChI is InChI=1S/C30H35FN4O3/c1-29(2,3)38-28(37)35-25(27(36)32-30(4)15-9-16-30)19-23(26(35)20-10-8-11-21(31)18-20)24-14-17-34(33-24)22-12-6-5-7-13-22/h5-8,10-14,17-18,23,25-26H,9,15-16,19H2,1-4H3,(H,32,36)/t23-,25+,26+/m1/s1. The molecule has 1 aliphatic carbocycles. The molecule has 8 heteroatoms. The van der Waals surface area contributed by atoms with Gasteiger partial charge in [-0.1, -0.05) is 30.3 Å². The van der Waals surface area contributed by atoms with E-state index >= 15 is 0 Å². The molecule has 2 aromatic carbocycles. The minimum absolute atomic E-state index is 0.218. The predicted molar refractivity (Wildman–Crippen MR) is 142 cm³/mol. The number of nitrogens with one attached hydrogen (secondary N) is 1. The van der Waals surface area contributed by atoms with Crippen LogP contribution in [0.25, 0.3) is 5.69 Å². The smallest absolute Gasteiger partial charge is 0.411 e. The molecule has 3 atom stereocenters. The van der Waals surface area contributed by atoms with Gasteiger partial charge >= 0.3 is 6.09 Å². The normalized spacial score (nSPS) is 22.6. The average Bonchev–Trinajstić information content (AvgIpc) is 3.48. The predicted octanol–water partition coefficient (Wildman–Crippen LogP) is 5.90. The Hall–Kier alpha value is -3.68. The Morgan fingerprint density at radius 3 is 2.45 bits per heavy atom. The van der Waals surface area contributed by atoms with E-state index in [1.807, 2.05) is 49.5 Å². The van der Waals surface area contributed by atoms with E-state index < -0.39 is 29.6 Å². The molecule has 2 aliphatic rings. The van der Waals surface area contributed by atoms with Crippen molar-refractivity contribution in [2.45, 2.75) is 82.5 Å². The van der Waals surface area contributed by atoms with Gasteiger partial charge in [0.25, 0.3) is 0 Å². The van der Waals surface area contributed by atoms with E-state index in [1.165, 1.54) is 17.0 Å². The van der Waals surface area contributed by atoms with Crippen LogP contribution >= 0.6 is 0 Å². The summed E-state index contributed by atoms with van der Waals surface area (Å²) in [5.41, 5.74) is 1.17. The highest BCUT2D eigenvalue weighted by molar-refractivity contribution is 5.87. The summed E-state index contributed by atoms with van der Waals surface area (Å²) >= 11 is 0. The fourth-order valence-electron chi connectivity index (χ4n) is 5.50. The van der Waals surface area contributed by atoms with E-state index in [-0.39, 0.29) is 17.4 Å². The summed E-state index contributed by atoms with van der Waals surface area (Å²) in [6.07, 6.45) is 4.47. The maximum Gasteiger partial charge on any atom is 0.411 e. The lowest BCUT2D eigenvalue weighted by Crippen LogP contribution is -2.57. The Bertz CT molecular complexity index is 1310. The molecule has 1 N–H and O–H groups in total. The van der Waals surface area contributed by atoms with E-state index in [0.717, 1.165) is 30.6 Å². The Labute approximate surface area is 223 Å². The summed E-state index contributed by atoms with van der Waals surface area (Å²) in [6, 6.07) is 16.4. The molecule has 1 aromatic heterocycles. The molecule has 38 heavy (non-hydrogen) atoms. The maximum absolute atomic E-state index is 14.5. The van der Waals surface area contributed by atoms with Crippen molar-refractivity contribution in [3.63, 3.8) is 0 Å². The van der Waals surface area contributed by atoms with Crippen LogP contribution in [0.3, 0.4) is 0 Å². The van der Waals surface area contributed by atoms with Crippen molar-refractivity contribution < 1.29 is 18.7 Å². The first-order valence-corrected chi connectivity index (χ1v) is 13.2. The van der Waals surface area contributed by atoms with Gasteiger partial charge in [0.15, 0.2) is 0 Å². The van der Waals surface area contributed by atoms with Crippen LogP contribution in [0.2, 0.25) is 0 Å². The van der Waals surface area contributed by atoms with Crippen LogP contribution in [0, 0.1) is 5.82 Å². The van der Waals surface area contributed by atoms with Crippen molar-refractivity contribution in [1.29, 1.82) is 0 Å². The minimum atomic E-state index is -0.789. The molecule has 0 unspecified atom stereocenters. The molecular formula is C30H35FN4O3. The minimum Gasteiger partial charge on any atom is -0.444 e. The van der Waals surface area contributed by atoms with Crippen molar-refractivity contribution in [3.05, 3.63) is 83.9 Å². The SMILES string of the molecule is CC1(NC(=O)[C@@H]2C[C@H](c3ccn(-c4ccccc4)n3)[C@H](c3cccc(F)c3)N2C(=O)OC(C)(C)C)CCC1. The van der Waals surface area contributed by atoms with E-state index in [4.69, 9.17) is 9.84 Å². The van der Waals surface area contributed by atoms with Gasteiger partial charge in [0.2, 0.25) is 5.91 Å². The van der Waals surface area contributed by atoms with Crippen molar-refractivity contribution >= 4 is 12.0 Å². The quantitative estimate of drug-likeness (QED) is 0.456. The Morgan fingerprint density at radius 2 is 1.82 bits per heavy atom. The van der Waals surface area contributed by atoms with E-state index in [9.17, 15) is 14.0 Å². The molecule has 2 amide bonds. The summed E-state index contributed by atoms with van der Waals surface area (Å²) in [5, 5.41) is 8.02. The molecule has 2 heterocycles. The van der Waals surface area contributed by atoms with Gasteiger partial charge in [-0.05, 0) is 89.3 Å². The number of hydrogen-bond donors (Lipinski definition) is 1. The molecule has 0 radical (unpaired) electrons. The summed E-state index contributed by atoms with van der Waals surface area (Å²) in [4.78, 5) is 28.9. The average molecular weight is 519 g/mol. The topological polar surface area (TPSA) is 76.5 Å². The van der Waals surface area contributed by atoms with Crippen LogP contribution in [0.5, 0.6) is 0 Å². The molecule has 1 saturated carbocycles. The molecule has 2 fully saturated rings. The number of carbonyl (C=O) groups is 2. The summed E-state index contributed by atoms with van der Waals surface area (Å²) in [6.45, 7) is 7.41. The van der Waals surface area contributed by atoms with Crippen molar-refractivity contribution in [2.75, 3.05) is 0 Å². The van der Waals surface area contributed by atoms with Crippen LogP contribution in [0.1, 0.15) is 76.6 Å². The van der Waals surface area contributed by atoms with Crippen molar-refractivity contribution in [1.82, 2.24) is 20.0 Å². The zero-order valence-electron chi connectivity index (χ0n) is 22.4. The third-order valence-corrected chi connectivity index (χ3v) is 7.48. The molecule has 1 saturated heterocycles. The lowest BCUT2D eigenvalue weighted by molar-refractivity contribution is -0.128. The maximum atomic E-state index is 14.5. The largest absolute Gasteiger partial charge is 0.444 e. The number of hydrogen-bond acceptors (Lipinski definition) is 4. The van der Waals surface area contributed by atoms with E-state index in [2.05, 4.69) is 5.32 Å². The number of rotatable bonds is 5. The molecule has 7 nitrogen and oxygen atoms in total. The highest BCUT2D eigenvalue weighted by atomic mass is 19.1. The van der Waals surface area contributed by atoms with E-state index in [1.54, 1.807) is 37.6 Å². The number of halogens is 1. The zero-order valence-corrected chi connectivity index (χ0v) is 22.4. The Morgan fingerprint density at radius 1 is 1.08 bits per heavy atom. The number of carbonyl (C=O) groups excluding carboxylic acids is 2. The van der Waals surface area contributed by atoms with Crippen LogP contribution < -0.4 is 5.32 Å². The molecule has 1 aliphatic heterocycles. The second-order valence-corrected chi connectivity index (χ2v) is 11.7. The molecule has 5 rings (SSSR count). The van der Waals surface area contributed by atoms with Crippen LogP contribution in [0.15, 0.2) is 66.9 Å². The molecule has 3 aromatic rings. The summed E-state index contributed by atoms with van der Waals surface area (Å²) < 4.78 is 22.0. The summed E-state index contributed by atoms with van der Waals surface area (Å²) in [7, 11) is 0. The first-order chi connectivity index (χ1) is 18.0.